The van der Waals surface area contributed by atoms with Crippen LogP contribution in [0.5, 0.6) is 0 Å². The van der Waals surface area contributed by atoms with Gasteiger partial charge in [-0.05, 0) is 19.1 Å². The summed E-state index contributed by atoms with van der Waals surface area (Å²) in [5.41, 5.74) is 1.94. The van der Waals surface area contributed by atoms with Crippen molar-refractivity contribution in [2.75, 3.05) is 0 Å². The molecule has 0 amide bonds. The lowest BCUT2D eigenvalue weighted by atomic mass is 10.1. The van der Waals surface area contributed by atoms with Gasteiger partial charge in [0.2, 0.25) is 0 Å². The molecule has 0 radical (unpaired) electrons. The lowest BCUT2D eigenvalue weighted by Gasteiger charge is -2.03. The Morgan fingerprint density at radius 3 is 2.33 bits per heavy atom. The maximum absolute atomic E-state index is 12.1. The fourth-order valence-electron chi connectivity index (χ4n) is 2.03. The third-order valence-electron chi connectivity index (χ3n) is 3.32. The molecule has 122 valence electrons. The number of hydrogen-bond donors (Lipinski definition) is 1. The molecule has 6 nitrogen and oxygen atoms in total. The van der Waals surface area contributed by atoms with E-state index in [1.54, 1.807) is 31.2 Å². The first-order valence-corrected chi connectivity index (χ1v) is 8.68. The second-order valence-corrected chi connectivity index (χ2v) is 6.71. The summed E-state index contributed by atoms with van der Waals surface area (Å²) in [7, 11) is -3.71. The molecule has 2 aromatic carbocycles. The minimum atomic E-state index is -3.71. The number of rotatable bonds is 5. The minimum Gasteiger partial charge on any atom is -0.354 e. The van der Waals surface area contributed by atoms with E-state index in [1.165, 1.54) is 12.1 Å². The summed E-state index contributed by atoms with van der Waals surface area (Å²) in [6, 6.07) is 19.3. The molecule has 0 aliphatic rings. The number of benzene rings is 2. The number of nitrogens with zero attached hydrogens (tertiary/aromatic N) is 2. The van der Waals surface area contributed by atoms with Gasteiger partial charge in [0.05, 0.1) is 4.90 Å². The fourth-order valence-corrected chi connectivity index (χ4v) is 2.90. The van der Waals surface area contributed by atoms with Crippen molar-refractivity contribution in [3.8, 4) is 11.3 Å². The fraction of sp³-hybridized carbons (Fsp3) is 0.0588. The molecule has 0 aliphatic carbocycles. The number of nitrogens with one attached hydrogen (secondary N) is 1. The van der Waals surface area contributed by atoms with Gasteiger partial charge in [-0.15, -0.1) is 0 Å². The van der Waals surface area contributed by atoms with Crippen LogP contribution in [-0.2, 0) is 10.0 Å². The molecule has 7 heteroatoms. The highest BCUT2D eigenvalue weighted by atomic mass is 32.2. The van der Waals surface area contributed by atoms with Gasteiger partial charge in [-0.3, -0.25) is 0 Å². The smallest absolute Gasteiger partial charge is 0.276 e. The second kappa shape index (κ2) is 6.67. The van der Waals surface area contributed by atoms with E-state index in [-0.39, 0.29) is 4.90 Å². The van der Waals surface area contributed by atoms with Gasteiger partial charge in [-0.2, -0.15) is 18.4 Å². The average Bonchev–Trinajstić information content (AvgIpc) is 3.11. The van der Waals surface area contributed by atoms with Crippen molar-refractivity contribution in [1.29, 1.82) is 0 Å². The molecule has 0 saturated carbocycles. The summed E-state index contributed by atoms with van der Waals surface area (Å²) in [4.78, 5) is 2.34. The Hall–Kier alpha value is -2.93. The van der Waals surface area contributed by atoms with E-state index in [9.17, 15) is 8.42 Å². The van der Waals surface area contributed by atoms with Crippen molar-refractivity contribution in [2.45, 2.75) is 11.8 Å². The lowest BCUT2D eigenvalue weighted by molar-refractivity contribution is 0.415. The van der Waals surface area contributed by atoms with Gasteiger partial charge in [0.15, 0.2) is 5.76 Å². The van der Waals surface area contributed by atoms with Gasteiger partial charge in [0.1, 0.15) is 11.4 Å². The molecular weight excluding hydrogens is 326 g/mol. The average molecular weight is 341 g/mol. The zero-order chi connectivity index (χ0) is 17.0. The molecule has 0 fully saturated rings. The number of hydrazone groups is 1. The van der Waals surface area contributed by atoms with Gasteiger partial charge in [-0.1, -0.05) is 53.7 Å². The van der Waals surface area contributed by atoms with Crippen LogP contribution in [0, 0.1) is 0 Å². The molecule has 1 N–H and O–H groups in total. The highest BCUT2D eigenvalue weighted by molar-refractivity contribution is 7.89. The number of aromatic nitrogens is 1. The Labute approximate surface area is 139 Å². The van der Waals surface area contributed by atoms with Crippen LogP contribution in [0.3, 0.4) is 0 Å². The van der Waals surface area contributed by atoms with Gasteiger partial charge in [0, 0.05) is 11.6 Å². The van der Waals surface area contributed by atoms with Gasteiger partial charge in [0.25, 0.3) is 10.0 Å². The molecule has 24 heavy (non-hydrogen) atoms. The monoisotopic (exact) mass is 341 g/mol. The quantitative estimate of drug-likeness (QED) is 0.571. The standard InChI is InChI=1S/C17H15N3O3S/c1-13(18-20-24(21,22)15-10-6-3-7-11-15)17-12-16(19-23-17)14-8-4-2-5-9-14/h2-12,20H,1H3. The predicted octanol–water partition coefficient (Wildman–Crippen LogP) is 3.04. The third-order valence-corrected chi connectivity index (χ3v) is 4.55. The normalized spacial score (nSPS) is 12.1. The zero-order valence-corrected chi connectivity index (χ0v) is 13.7. The molecule has 3 aromatic rings. The summed E-state index contributed by atoms with van der Waals surface area (Å²) >= 11 is 0. The van der Waals surface area contributed by atoms with Crippen LogP contribution >= 0.6 is 0 Å². The molecule has 0 aliphatic heterocycles. The van der Waals surface area contributed by atoms with Crippen LogP contribution in [0.2, 0.25) is 0 Å². The maximum Gasteiger partial charge on any atom is 0.276 e. The van der Waals surface area contributed by atoms with Crippen LogP contribution in [0.25, 0.3) is 11.3 Å². The molecule has 3 rings (SSSR count). The molecule has 0 saturated heterocycles. The van der Waals surface area contributed by atoms with E-state index < -0.39 is 10.0 Å². The predicted molar refractivity (Wildman–Crippen MR) is 90.9 cm³/mol. The number of sulfonamides is 1. The van der Waals surface area contributed by atoms with Crippen LogP contribution in [0.15, 0.2) is 81.3 Å². The molecule has 0 atom stereocenters. The molecule has 1 heterocycles. The molecule has 1 aromatic heterocycles. The van der Waals surface area contributed by atoms with Crippen LogP contribution in [-0.4, -0.2) is 19.3 Å². The van der Waals surface area contributed by atoms with E-state index in [0.29, 0.717) is 17.2 Å². The van der Waals surface area contributed by atoms with Crippen molar-refractivity contribution in [1.82, 2.24) is 9.99 Å². The highest BCUT2D eigenvalue weighted by Gasteiger charge is 2.13. The summed E-state index contributed by atoms with van der Waals surface area (Å²) in [6.45, 7) is 1.64. The zero-order valence-electron chi connectivity index (χ0n) is 12.9. The van der Waals surface area contributed by atoms with E-state index in [2.05, 4.69) is 15.1 Å². The Morgan fingerprint density at radius 2 is 1.67 bits per heavy atom. The Balaban J connectivity index is 1.79. The van der Waals surface area contributed by atoms with Crippen molar-refractivity contribution < 1.29 is 12.9 Å². The largest absolute Gasteiger partial charge is 0.354 e. The Morgan fingerprint density at radius 1 is 1.04 bits per heavy atom. The van der Waals surface area contributed by atoms with Crippen LogP contribution < -0.4 is 4.83 Å². The lowest BCUT2D eigenvalue weighted by Crippen LogP contribution is -2.19. The SMILES string of the molecule is CC(=NNS(=O)(=O)c1ccccc1)c1cc(-c2ccccc2)no1. The van der Waals surface area contributed by atoms with Gasteiger partial charge >= 0.3 is 0 Å². The van der Waals surface area contributed by atoms with Gasteiger partial charge < -0.3 is 4.52 Å². The van der Waals surface area contributed by atoms with Crippen molar-refractivity contribution in [3.63, 3.8) is 0 Å². The first-order chi connectivity index (χ1) is 11.6. The molecule has 0 unspecified atom stereocenters. The topological polar surface area (TPSA) is 84.6 Å². The highest BCUT2D eigenvalue weighted by Crippen LogP contribution is 2.19. The van der Waals surface area contributed by atoms with E-state index >= 15 is 0 Å². The van der Waals surface area contributed by atoms with Gasteiger partial charge in [-0.25, -0.2) is 0 Å². The summed E-state index contributed by atoms with van der Waals surface area (Å²) < 4.78 is 29.5. The van der Waals surface area contributed by atoms with E-state index in [1.807, 2.05) is 30.3 Å². The Kier molecular flexibility index (Phi) is 4.43. The first kappa shape index (κ1) is 15.9. The van der Waals surface area contributed by atoms with Crippen LogP contribution in [0.1, 0.15) is 12.7 Å². The summed E-state index contributed by atoms with van der Waals surface area (Å²) in [6.07, 6.45) is 0. The molecular formula is C17H15N3O3S. The van der Waals surface area contributed by atoms with Crippen molar-refractivity contribution >= 4 is 15.7 Å². The van der Waals surface area contributed by atoms with E-state index in [4.69, 9.17) is 4.52 Å². The van der Waals surface area contributed by atoms with Crippen molar-refractivity contribution in [2.24, 2.45) is 5.10 Å². The van der Waals surface area contributed by atoms with Crippen molar-refractivity contribution in [3.05, 3.63) is 72.5 Å². The minimum absolute atomic E-state index is 0.143. The number of hydrogen-bond acceptors (Lipinski definition) is 5. The molecule has 0 spiro atoms. The molecule has 0 bridgehead atoms. The second-order valence-electron chi connectivity index (χ2n) is 5.05. The Bertz CT molecular complexity index is 949. The first-order valence-electron chi connectivity index (χ1n) is 7.20. The van der Waals surface area contributed by atoms with Crippen LogP contribution in [0.4, 0.5) is 0 Å². The summed E-state index contributed by atoms with van der Waals surface area (Å²) in [5.74, 6) is 0.393. The third kappa shape index (κ3) is 3.52. The maximum atomic E-state index is 12.1. The summed E-state index contributed by atoms with van der Waals surface area (Å²) in [5, 5.41) is 7.87. The van der Waals surface area contributed by atoms with E-state index in [0.717, 1.165) is 5.56 Å².